The SMILES string of the molecule is CCCCNC(=O)[C@@H](Cc1ccccc1)N(Cc1ccccc1C)C(=O)CN(c1ccc(Cl)cc1)S(=O)(=O)c1ccc(OC)cc1. The maximum Gasteiger partial charge on any atom is 0.264 e. The van der Waals surface area contributed by atoms with Crippen molar-refractivity contribution in [1.82, 2.24) is 10.2 Å². The van der Waals surface area contributed by atoms with E-state index in [0.717, 1.165) is 33.8 Å². The summed E-state index contributed by atoms with van der Waals surface area (Å²) < 4.78 is 34.6. The molecular formula is C36H40ClN3O5S. The lowest BCUT2D eigenvalue weighted by Gasteiger charge is -2.34. The monoisotopic (exact) mass is 661 g/mol. The van der Waals surface area contributed by atoms with Gasteiger partial charge < -0.3 is 15.0 Å². The summed E-state index contributed by atoms with van der Waals surface area (Å²) in [5, 5.41) is 3.43. The first-order valence-electron chi connectivity index (χ1n) is 15.2. The summed E-state index contributed by atoms with van der Waals surface area (Å²) in [7, 11) is -2.74. The number of carbonyl (C=O) groups excluding carboxylic acids is 2. The van der Waals surface area contributed by atoms with Gasteiger partial charge >= 0.3 is 0 Å². The number of methoxy groups -OCH3 is 1. The molecule has 0 aliphatic carbocycles. The quantitative estimate of drug-likeness (QED) is 0.149. The van der Waals surface area contributed by atoms with Crippen molar-refractivity contribution in [2.75, 3.05) is 24.5 Å². The zero-order valence-corrected chi connectivity index (χ0v) is 27.9. The van der Waals surface area contributed by atoms with E-state index in [4.69, 9.17) is 16.3 Å². The Morgan fingerprint density at radius 2 is 1.54 bits per heavy atom. The first-order chi connectivity index (χ1) is 22.1. The van der Waals surface area contributed by atoms with Gasteiger partial charge in [-0.1, -0.05) is 79.5 Å². The fourth-order valence-electron chi connectivity index (χ4n) is 5.04. The van der Waals surface area contributed by atoms with Gasteiger partial charge in [0.2, 0.25) is 11.8 Å². The molecule has 0 spiro atoms. The third-order valence-corrected chi connectivity index (χ3v) is 9.78. The minimum Gasteiger partial charge on any atom is -0.497 e. The topological polar surface area (TPSA) is 96.0 Å². The van der Waals surface area contributed by atoms with Crippen molar-refractivity contribution in [1.29, 1.82) is 0 Å². The number of nitrogens with zero attached hydrogens (tertiary/aromatic N) is 2. The molecule has 0 heterocycles. The van der Waals surface area contributed by atoms with Crippen LogP contribution in [0.15, 0.2) is 108 Å². The number of benzene rings is 4. The van der Waals surface area contributed by atoms with Gasteiger partial charge in [0, 0.05) is 24.5 Å². The molecule has 0 aliphatic rings. The van der Waals surface area contributed by atoms with Gasteiger partial charge in [0.05, 0.1) is 17.7 Å². The number of sulfonamides is 1. The minimum atomic E-state index is -4.24. The van der Waals surface area contributed by atoms with E-state index < -0.39 is 28.5 Å². The van der Waals surface area contributed by atoms with Crippen LogP contribution in [0.25, 0.3) is 0 Å². The summed E-state index contributed by atoms with van der Waals surface area (Å²) in [6.07, 6.45) is 1.94. The molecule has 4 rings (SSSR count). The smallest absolute Gasteiger partial charge is 0.264 e. The highest BCUT2D eigenvalue weighted by molar-refractivity contribution is 7.92. The maximum absolute atomic E-state index is 14.5. The number of nitrogens with one attached hydrogen (secondary N) is 1. The zero-order valence-electron chi connectivity index (χ0n) is 26.4. The first kappa shape index (κ1) is 34.5. The number of halogens is 1. The molecule has 0 fully saturated rings. The van der Waals surface area contributed by atoms with Crippen molar-refractivity contribution in [3.63, 3.8) is 0 Å². The molecule has 4 aromatic rings. The van der Waals surface area contributed by atoms with Crippen LogP contribution in [-0.2, 0) is 32.6 Å². The van der Waals surface area contributed by atoms with Crippen molar-refractivity contribution in [3.05, 3.63) is 125 Å². The first-order valence-corrected chi connectivity index (χ1v) is 17.0. The van der Waals surface area contributed by atoms with Crippen LogP contribution in [0, 0.1) is 6.92 Å². The summed E-state index contributed by atoms with van der Waals surface area (Å²) in [6, 6.07) is 28.5. The maximum atomic E-state index is 14.5. The van der Waals surface area contributed by atoms with Gasteiger partial charge in [-0.25, -0.2) is 8.42 Å². The van der Waals surface area contributed by atoms with Gasteiger partial charge in [0.1, 0.15) is 18.3 Å². The third-order valence-electron chi connectivity index (χ3n) is 7.74. The van der Waals surface area contributed by atoms with Crippen LogP contribution in [0.1, 0.15) is 36.5 Å². The molecule has 46 heavy (non-hydrogen) atoms. The Labute approximate surface area is 277 Å². The van der Waals surface area contributed by atoms with Gasteiger partial charge in [-0.05, 0) is 78.6 Å². The van der Waals surface area contributed by atoms with E-state index in [1.54, 1.807) is 36.4 Å². The van der Waals surface area contributed by atoms with Crippen molar-refractivity contribution >= 4 is 39.1 Å². The van der Waals surface area contributed by atoms with E-state index in [-0.39, 0.29) is 29.5 Å². The molecule has 0 radical (unpaired) electrons. The Balaban J connectivity index is 1.79. The second-order valence-corrected chi connectivity index (χ2v) is 13.3. The summed E-state index contributed by atoms with van der Waals surface area (Å²) in [4.78, 5) is 29.9. The molecule has 0 aromatic heterocycles. The molecular weight excluding hydrogens is 622 g/mol. The predicted molar refractivity (Wildman–Crippen MR) is 183 cm³/mol. The van der Waals surface area contributed by atoms with Crippen LogP contribution in [0.5, 0.6) is 5.75 Å². The molecule has 8 nitrogen and oxygen atoms in total. The zero-order chi connectivity index (χ0) is 33.1. The van der Waals surface area contributed by atoms with Crippen molar-refractivity contribution in [2.24, 2.45) is 0 Å². The summed E-state index contributed by atoms with van der Waals surface area (Å²) in [5.74, 6) is -0.326. The molecule has 0 saturated heterocycles. The molecule has 0 bridgehead atoms. The van der Waals surface area contributed by atoms with E-state index in [0.29, 0.717) is 17.3 Å². The molecule has 4 aromatic carbocycles. The number of aryl methyl sites for hydroxylation is 1. The van der Waals surface area contributed by atoms with E-state index in [1.807, 2.05) is 68.4 Å². The Morgan fingerprint density at radius 1 is 0.891 bits per heavy atom. The number of hydrogen-bond acceptors (Lipinski definition) is 5. The predicted octanol–water partition coefficient (Wildman–Crippen LogP) is 6.41. The fourth-order valence-corrected chi connectivity index (χ4v) is 6.58. The average molecular weight is 662 g/mol. The number of amides is 2. The van der Waals surface area contributed by atoms with Crippen LogP contribution in [0.4, 0.5) is 5.69 Å². The van der Waals surface area contributed by atoms with Crippen molar-refractivity contribution in [2.45, 2.75) is 50.6 Å². The molecule has 0 aliphatic heterocycles. The average Bonchev–Trinajstić information content (AvgIpc) is 3.07. The number of unbranched alkanes of at least 4 members (excludes halogenated alkanes) is 1. The molecule has 242 valence electrons. The summed E-state index contributed by atoms with van der Waals surface area (Å²) in [5.41, 5.74) is 2.94. The Morgan fingerprint density at radius 3 is 2.17 bits per heavy atom. The second kappa shape index (κ2) is 16.3. The fraction of sp³-hybridized carbons (Fsp3) is 0.278. The van der Waals surface area contributed by atoms with Crippen LogP contribution in [-0.4, -0.2) is 51.4 Å². The molecule has 1 N–H and O–H groups in total. The number of hydrogen-bond donors (Lipinski definition) is 1. The van der Waals surface area contributed by atoms with Crippen LogP contribution in [0.2, 0.25) is 5.02 Å². The molecule has 0 unspecified atom stereocenters. The summed E-state index contributed by atoms with van der Waals surface area (Å²) in [6.45, 7) is 4.02. The molecule has 1 atom stereocenters. The van der Waals surface area contributed by atoms with E-state index >= 15 is 0 Å². The van der Waals surface area contributed by atoms with Gasteiger partial charge in [0.15, 0.2) is 0 Å². The lowest BCUT2D eigenvalue weighted by molar-refractivity contribution is -0.140. The number of rotatable bonds is 15. The normalized spacial score (nSPS) is 11.8. The second-order valence-electron chi connectivity index (χ2n) is 11.0. The van der Waals surface area contributed by atoms with E-state index in [9.17, 15) is 18.0 Å². The van der Waals surface area contributed by atoms with Gasteiger partial charge in [-0.15, -0.1) is 0 Å². The van der Waals surface area contributed by atoms with Crippen LogP contribution >= 0.6 is 11.6 Å². The standard InChI is InChI=1S/C36H40ClN3O5S/c1-4-5-23-38-36(42)34(24-28-12-7-6-8-13-28)39(25-29-14-10-9-11-27(29)2)35(41)26-40(31-17-15-30(37)16-18-31)46(43,44)33-21-19-32(45-3)20-22-33/h6-22,34H,4-5,23-26H2,1-3H3,(H,38,42)/t34-/m1/s1. The van der Waals surface area contributed by atoms with Crippen LogP contribution in [0.3, 0.4) is 0 Å². The van der Waals surface area contributed by atoms with E-state index in [1.165, 1.54) is 24.1 Å². The largest absolute Gasteiger partial charge is 0.497 e. The highest BCUT2D eigenvalue weighted by Gasteiger charge is 2.34. The lowest BCUT2D eigenvalue weighted by Crippen LogP contribution is -2.53. The van der Waals surface area contributed by atoms with Gasteiger partial charge in [-0.2, -0.15) is 0 Å². The molecule has 2 amide bonds. The van der Waals surface area contributed by atoms with Gasteiger partial charge in [0.25, 0.3) is 10.0 Å². The third kappa shape index (κ3) is 8.89. The lowest BCUT2D eigenvalue weighted by atomic mass is 10.0. The molecule has 10 heteroatoms. The highest BCUT2D eigenvalue weighted by Crippen LogP contribution is 2.27. The van der Waals surface area contributed by atoms with Crippen LogP contribution < -0.4 is 14.4 Å². The Kier molecular flexibility index (Phi) is 12.2. The van der Waals surface area contributed by atoms with Crippen molar-refractivity contribution < 1.29 is 22.7 Å². The minimum absolute atomic E-state index is 0.0142. The Bertz CT molecular complexity index is 1700. The number of carbonyl (C=O) groups is 2. The number of ether oxygens (including phenoxy) is 1. The van der Waals surface area contributed by atoms with Gasteiger partial charge in [-0.3, -0.25) is 13.9 Å². The number of anilines is 1. The van der Waals surface area contributed by atoms with Crippen molar-refractivity contribution in [3.8, 4) is 5.75 Å². The Hall–Kier alpha value is -4.34. The molecule has 0 saturated carbocycles. The summed E-state index contributed by atoms with van der Waals surface area (Å²) >= 11 is 6.15. The highest BCUT2D eigenvalue weighted by atomic mass is 35.5. The van der Waals surface area contributed by atoms with E-state index in [2.05, 4.69) is 5.32 Å².